The highest BCUT2D eigenvalue weighted by molar-refractivity contribution is 7.89. The molecule has 0 atom stereocenters. The molecule has 1 N–H and O–H groups in total. The van der Waals surface area contributed by atoms with Gasteiger partial charge in [-0.15, -0.1) is 0 Å². The zero-order chi connectivity index (χ0) is 21.8. The first kappa shape index (κ1) is 21.4. The molecule has 1 aliphatic rings. The molecule has 0 radical (unpaired) electrons. The molecule has 0 bridgehead atoms. The van der Waals surface area contributed by atoms with Crippen molar-refractivity contribution in [2.24, 2.45) is 0 Å². The third kappa shape index (κ3) is 4.74. The molecule has 1 heterocycles. The van der Waals surface area contributed by atoms with Gasteiger partial charge in [0, 0.05) is 18.7 Å². The molecular weight excluding hydrogens is 436 g/mol. The lowest BCUT2D eigenvalue weighted by atomic mass is 10.2. The highest BCUT2D eigenvalue weighted by Crippen LogP contribution is 2.33. The molecule has 0 spiro atoms. The van der Waals surface area contributed by atoms with E-state index < -0.39 is 15.9 Å². The molecule has 1 saturated heterocycles. The molecule has 1 aliphatic heterocycles. The number of hydrogen-bond acceptors (Lipinski definition) is 4. The number of rotatable bonds is 6. The predicted octanol–water partition coefficient (Wildman–Crippen LogP) is 5.17. The van der Waals surface area contributed by atoms with Crippen molar-refractivity contribution in [3.63, 3.8) is 0 Å². The normalized spacial score (nSPS) is 14.4. The van der Waals surface area contributed by atoms with Gasteiger partial charge in [-0.3, -0.25) is 4.79 Å². The van der Waals surface area contributed by atoms with E-state index in [1.807, 2.05) is 0 Å². The van der Waals surface area contributed by atoms with E-state index in [1.165, 1.54) is 16.4 Å². The van der Waals surface area contributed by atoms with Crippen molar-refractivity contribution in [1.82, 2.24) is 4.31 Å². The maximum Gasteiger partial charge on any atom is 0.255 e. The van der Waals surface area contributed by atoms with E-state index in [0.29, 0.717) is 35.3 Å². The van der Waals surface area contributed by atoms with E-state index in [-0.39, 0.29) is 10.5 Å². The van der Waals surface area contributed by atoms with Crippen molar-refractivity contribution in [3.05, 3.63) is 83.4 Å². The third-order valence-electron chi connectivity index (χ3n) is 4.99. The van der Waals surface area contributed by atoms with Crippen LogP contribution in [0, 0.1) is 0 Å². The molecule has 3 aromatic carbocycles. The van der Waals surface area contributed by atoms with Crippen LogP contribution in [-0.2, 0) is 10.0 Å². The number of carbonyl (C=O) groups is 1. The molecule has 31 heavy (non-hydrogen) atoms. The maximum absolute atomic E-state index is 12.9. The number of anilines is 1. The maximum atomic E-state index is 12.9. The van der Waals surface area contributed by atoms with Gasteiger partial charge >= 0.3 is 0 Å². The van der Waals surface area contributed by atoms with E-state index in [1.54, 1.807) is 60.7 Å². The molecule has 3 aromatic rings. The zero-order valence-electron chi connectivity index (χ0n) is 16.6. The minimum absolute atomic E-state index is 0.114. The number of sulfonamides is 1. The number of amides is 1. The summed E-state index contributed by atoms with van der Waals surface area (Å²) in [7, 11) is -3.61. The van der Waals surface area contributed by atoms with Gasteiger partial charge in [-0.25, -0.2) is 8.42 Å². The number of ether oxygens (including phenoxy) is 1. The molecular formula is C23H21ClN2O4S. The Morgan fingerprint density at radius 2 is 1.58 bits per heavy atom. The summed E-state index contributed by atoms with van der Waals surface area (Å²) in [4.78, 5) is 13.0. The summed E-state index contributed by atoms with van der Waals surface area (Å²) in [6.07, 6.45) is 1.70. The number of nitrogens with one attached hydrogen (secondary N) is 1. The molecule has 1 amide bonds. The monoisotopic (exact) mass is 456 g/mol. The Morgan fingerprint density at radius 3 is 2.32 bits per heavy atom. The number of hydrogen-bond donors (Lipinski definition) is 1. The van der Waals surface area contributed by atoms with E-state index >= 15 is 0 Å². The Labute approximate surface area is 186 Å². The highest BCUT2D eigenvalue weighted by atomic mass is 35.5. The lowest BCUT2D eigenvalue weighted by molar-refractivity contribution is 0.102. The lowest BCUT2D eigenvalue weighted by Gasteiger charge is -2.16. The molecule has 8 heteroatoms. The van der Waals surface area contributed by atoms with Crippen molar-refractivity contribution < 1.29 is 17.9 Å². The Hall–Kier alpha value is -2.87. The number of carbonyl (C=O) groups excluding carboxylic acids is 1. The van der Waals surface area contributed by atoms with Gasteiger partial charge in [0.25, 0.3) is 5.91 Å². The van der Waals surface area contributed by atoms with Crippen LogP contribution in [0.5, 0.6) is 11.5 Å². The van der Waals surface area contributed by atoms with Gasteiger partial charge < -0.3 is 10.1 Å². The van der Waals surface area contributed by atoms with Crippen LogP contribution in [0.1, 0.15) is 23.2 Å². The van der Waals surface area contributed by atoms with Crippen molar-refractivity contribution >= 4 is 33.2 Å². The third-order valence-corrected chi connectivity index (χ3v) is 7.20. The second kappa shape index (κ2) is 9.09. The van der Waals surface area contributed by atoms with Crippen LogP contribution in [0.25, 0.3) is 0 Å². The molecule has 160 valence electrons. The van der Waals surface area contributed by atoms with Gasteiger partial charge in [-0.1, -0.05) is 41.9 Å². The molecule has 1 fully saturated rings. The van der Waals surface area contributed by atoms with Gasteiger partial charge in [0.1, 0.15) is 5.75 Å². The molecule has 0 unspecified atom stereocenters. The van der Waals surface area contributed by atoms with Crippen LogP contribution >= 0.6 is 11.6 Å². The van der Waals surface area contributed by atoms with Crippen molar-refractivity contribution in [2.45, 2.75) is 17.7 Å². The van der Waals surface area contributed by atoms with Crippen LogP contribution in [-0.4, -0.2) is 31.7 Å². The van der Waals surface area contributed by atoms with Crippen LogP contribution in [0.15, 0.2) is 77.7 Å². The van der Waals surface area contributed by atoms with E-state index in [9.17, 15) is 13.2 Å². The Kier molecular flexibility index (Phi) is 6.27. The number of halogens is 1. The minimum Gasteiger partial charge on any atom is -0.454 e. The summed E-state index contributed by atoms with van der Waals surface area (Å²) >= 11 is 6.17. The first-order chi connectivity index (χ1) is 14.9. The van der Waals surface area contributed by atoms with Crippen LogP contribution in [0.2, 0.25) is 5.02 Å². The average Bonchev–Trinajstić information content (AvgIpc) is 3.33. The molecule has 6 nitrogen and oxygen atoms in total. The Morgan fingerprint density at radius 1 is 0.903 bits per heavy atom. The van der Waals surface area contributed by atoms with E-state index in [4.69, 9.17) is 16.3 Å². The smallest absolute Gasteiger partial charge is 0.255 e. The first-order valence-electron chi connectivity index (χ1n) is 9.88. The lowest BCUT2D eigenvalue weighted by Crippen LogP contribution is -2.28. The highest BCUT2D eigenvalue weighted by Gasteiger charge is 2.27. The molecule has 0 aliphatic carbocycles. The van der Waals surface area contributed by atoms with Gasteiger partial charge in [-0.2, -0.15) is 4.31 Å². The SMILES string of the molecule is O=C(Nc1ccccc1Oc1ccccc1Cl)c1cccc(S(=O)(=O)N2CCCC2)c1. The second-order valence-corrected chi connectivity index (χ2v) is 9.47. The van der Waals surface area contributed by atoms with Gasteiger partial charge in [0.05, 0.1) is 15.6 Å². The fourth-order valence-corrected chi connectivity index (χ4v) is 5.11. The fraction of sp³-hybridized carbons (Fsp3) is 0.174. The zero-order valence-corrected chi connectivity index (χ0v) is 18.2. The quantitative estimate of drug-likeness (QED) is 0.555. The summed E-state index contributed by atoms with van der Waals surface area (Å²) in [6.45, 7) is 1.01. The number of para-hydroxylation sites is 3. The largest absolute Gasteiger partial charge is 0.454 e. The minimum atomic E-state index is -3.61. The fourth-order valence-electron chi connectivity index (χ4n) is 3.37. The Bertz CT molecular complexity index is 1210. The molecule has 4 rings (SSSR count). The molecule has 0 saturated carbocycles. The van der Waals surface area contributed by atoms with E-state index in [0.717, 1.165) is 12.8 Å². The van der Waals surface area contributed by atoms with E-state index in [2.05, 4.69) is 5.32 Å². The molecule has 0 aromatic heterocycles. The summed E-state index contributed by atoms with van der Waals surface area (Å²) < 4.78 is 33.0. The first-order valence-corrected chi connectivity index (χ1v) is 11.7. The average molecular weight is 457 g/mol. The Balaban J connectivity index is 1.56. The van der Waals surface area contributed by atoms with Crippen molar-refractivity contribution in [1.29, 1.82) is 0 Å². The van der Waals surface area contributed by atoms with Crippen molar-refractivity contribution in [3.8, 4) is 11.5 Å². The topological polar surface area (TPSA) is 75.7 Å². The summed E-state index contributed by atoms with van der Waals surface area (Å²) in [6, 6.07) is 20.1. The van der Waals surface area contributed by atoms with Crippen LogP contribution in [0.3, 0.4) is 0 Å². The summed E-state index contributed by atoms with van der Waals surface area (Å²) in [5.41, 5.74) is 0.688. The van der Waals surface area contributed by atoms with Crippen LogP contribution < -0.4 is 10.1 Å². The number of benzene rings is 3. The van der Waals surface area contributed by atoms with Crippen molar-refractivity contribution in [2.75, 3.05) is 18.4 Å². The summed E-state index contributed by atoms with van der Waals surface area (Å²) in [5.74, 6) is 0.447. The predicted molar refractivity (Wildman–Crippen MR) is 120 cm³/mol. The standard InChI is InChI=1S/C23H21ClN2O4S/c24-19-10-1-3-12-21(19)30-22-13-4-2-11-20(22)25-23(27)17-8-7-9-18(16-17)31(28,29)26-14-5-6-15-26/h1-4,7-13,16H,5-6,14-15H2,(H,25,27). The number of nitrogens with zero attached hydrogens (tertiary/aromatic N) is 1. The second-order valence-electron chi connectivity index (χ2n) is 7.12. The van der Waals surface area contributed by atoms with Gasteiger partial charge in [-0.05, 0) is 55.3 Å². The summed E-state index contributed by atoms with van der Waals surface area (Å²) in [5, 5.41) is 3.25. The van der Waals surface area contributed by atoms with Gasteiger partial charge in [0.15, 0.2) is 5.75 Å². The van der Waals surface area contributed by atoms with Crippen LogP contribution in [0.4, 0.5) is 5.69 Å². The van der Waals surface area contributed by atoms with Gasteiger partial charge in [0.2, 0.25) is 10.0 Å².